The first-order chi connectivity index (χ1) is 8.94. The van der Waals surface area contributed by atoms with Gasteiger partial charge in [0.15, 0.2) is 5.13 Å². The lowest BCUT2D eigenvalue weighted by Crippen LogP contribution is -2.23. The van der Waals surface area contributed by atoms with Crippen LogP contribution in [0.15, 0.2) is 36.5 Å². The number of rotatable bonds is 3. The second kappa shape index (κ2) is 5.40. The van der Waals surface area contributed by atoms with Crippen LogP contribution in [0.1, 0.15) is 30.4 Å². The number of carbonyl (C=O) groups excluding carboxylic acids is 1. The molecule has 0 aliphatic rings. The molecule has 1 aromatic carbocycles. The first-order valence-electron chi connectivity index (χ1n) is 5.95. The maximum absolute atomic E-state index is 11.8. The van der Waals surface area contributed by atoms with Crippen LogP contribution in [0.4, 0.5) is 10.8 Å². The molecule has 0 unspecified atom stereocenters. The van der Waals surface area contributed by atoms with E-state index in [4.69, 9.17) is 4.74 Å². The molecule has 19 heavy (non-hydrogen) atoms. The number of nitrogens with zero attached hydrogens (tertiary/aromatic N) is 1. The van der Waals surface area contributed by atoms with Gasteiger partial charge in [0, 0.05) is 5.69 Å². The zero-order valence-electron chi connectivity index (χ0n) is 11.1. The molecule has 1 heterocycles. The molecular weight excluding hydrogens is 260 g/mol. The number of para-hydroxylation sites is 1. The molecule has 5 heteroatoms. The first-order valence-corrected chi connectivity index (χ1v) is 6.77. The van der Waals surface area contributed by atoms with Gasteiger partial charge < -0.3 is 10.1 Å². The van der Waals surface area contributed by atoms with Gasteiger partial charge in [-0.2, -0.15) is 0 Å². The van der Waals surface area contributed by atoms with Gasteiger partial charge in [-0.1, -0.05) is 29.5 Å². The zero-order valence-corrected chi connectivity index (χ0v) is 12.0. The Bertz CT molecular complexity index is 558. The fraction of sp³-hybridized carbons (Fsp3) is 0.286. The zero-order chi connectivity index (χ0) is 13.9. The highest BCUT2D eigenvalue weighted by Crippen LogP contribution is 2.24. The fourth-order valence-corrected chi connectivity index (χ4v) is 2.11. The van der Waals surface area contributed by atoms with Crippen molar-refractivity contribution < 1.29 is 9.53 Å². The van der Waals surface area contributed by atoms with Crippen molar-refractivity contribution in [3.63, 3.8) is 0 Å². The molecule has 0 spiro atoms. The Kier molecular flexibility index (Phi) is 3.85. The number of carbonyl (C=O) groups is 1. The molecule has 0 saturated carbocycles. The Morgan fingerprint density at radius 2 is 1.95 bits per heavy atom. The summed E-state index contributed by atoms with van der Waals surface area (Å²) in [7, 11) is 0. The minimum Gasteiger partial charge on any atom is -0.456 e. The third kappa shape index (κ3) is 4.06. The molecule has 0 fully saturated rings. The van der Waals surface area contributed by atoms with Crippen LogP contribution < -0.4 is 5.32 Å². The van der Waals surface area contributed by atoms with E-state index >= 15 is 0 Å². The minimum atomic E-state index is -0.492. The highest BCUT2D eigenvalue weighted by Gasteiger charge is 2.19. The molecule has 2 aromatic rings. The van der Waals surface area contributed by atoms with Crippen LogP contribution in [0.2, 0.25) is 0 Å². The number of hydrogen-bond donors (Lipinski definition) is 1. The van der Waals surface area contributed by atoms with Crippen LogP contribution in [0.25, 0.3) is 0 Å². The summed E-state index contributed by atoms with van der Waals surface area (Å²) in [6.07, 6.45) is 1.53. The summed E-state index contributed by atoms with van der Waals surface area (Å²) in [5.74, 6) is -0.342. The van der Waals surface area contributed by atoms with Crippen molar-refractivity contribution in [3.8, 4) is 0 Å². The molecule has 1 aromatic heterocycles. The van der Waals surface area contributed by atoms with Crippen molar-refractivity contribution in [2.45, 2.75) is 26.4 Å². The highest BCUT2D eigenvalue weighted by atomic mass is 32.1. The van der Waals surface area contributed by atoms with Crippen molar-refractivity contribution in [2.75, 3.05) is 5.32 Å². The molecule has 2 rings (SSSR count). The quantitative estimate of drug-likeness (QED) is 0.865. The largest absolute Gasteiger partial charge is 0.456 e. The van der Waals surface area contributed by atoms with Crippen molar-refractivity contribution in [1.82, 2.24) is 4.98 Å². The van der Waals surface area contributed by atoms with Crippen molar-refractivity contribution in [3.05, 3.63) is 41.4 Å². The van der Waals surface area contributed by atoms with Crippen LogP contribution >= 0.6 is 11.3 Å². The average Bonchev–Trinajstić information content (AvgIpc) is 2.77. The molecule has 0 amide bonds. The normalized spacial score (nSPS) is 11.1. The maximum atomic E-state index is 11.8. The van der Waals surface area contributed by atoms with Gasteiger partial charge in [0.1, 0.15) is 10.5 Å². The van der Waals surface area contributed by atoms with Crippen molar-refractivity contribution >= 4 is 28.1 Å². The van der Waals surface area contributed by atoms with Crippen LogP contribution in [0, 0.1) is 0 Å². The Morgan fingerprint density at radius 1 is 1.26 bits per heavy atom. The number of esters is 1. The Balaban J connectivity index is 2.05. The fourth-order valence-electron chi connectivity index (χ4n) is 1.40. The van der Waals surface area contributed by atoms with Gasteiger partial charge in [-0.05, 0) is 32.9 Å². The molecule has 0 aliphatic heterocycles. The van der Waals surface area contributed by atoms with Gasteiger partial charge in [0.25, 0.3) is 0 Å². The lowest BCUT2D eigenvalue weighted by atomic mass is 10.2. The highest BCUT2D eigenvalue weighted by molar-refractivity contribution is 7.17. The average molecular weight is 276 g/mol. The summed E-state index contributed by atoms with van der Waals surface area (Å²) in [5.41, 5.74) is 0.446. The third-order valence-electron chi connectivity index (χ3n) is 2.13. The van der Waals surface area contributed by atoms with Gasteiger partial charge in [-0.25, -0.2) is 9.78 Å². The number of ether oxygens (including phenoxy) is 1. The minimum absolute atomic E-state index is 0.342. The predicted octanol–water partition coefficient (Wildman–Crippen LogP) is 3.84. The van der Waals surface area contributed by atoms with Crippen LogP contribution in [-0.2, 0) is 4.74 Å². The number of thiazole rings is 1. The molecule has 1 N–H and O–H groups in total. The smallest absolute Gasteiger partial charge is 0.350 e. The Labute approximate surface area is 116 Å². The second-order valence-corrected chi connectivity index (χ2v) is 6.05. The second-order valence-electron chi connectivity index (χ2n) is 5.02. The third-order valence-corrected chi connectivity index (χ3v) is 3.02. The number of aromatic nitrogens is 1. The maximum Gasteiger partial charge on any atom is 0.350 e. The van der Waals surface area contributed by atoms with Gasteiger partial charge in [-0.3, -0.25) is 0 Å². The summed E-state index contributed by atoms with van der Waals surface area (Å²) in [6, 6.07) is 9.69. The van der Waals surface area contributed by atoms with Crippen LogP contribution in [0.3, 0.4) is 0 Å². The number of benzene rings is 1. The first kappa shape index (κ1) is 13.5. The van der Waals surface area contributed by atoms with Gasteiger partial charge in [0.2, 0.25) is 0 Å². The summed E-state index contributed by atoms with van der Waals surface area (Å²) < 4.78 is 5.29. The van der Waals surface area contributed by atoms with E-state index in [0.29, 0.717) is 10.0 Å². The van der Waals surface area contributed by atoms with E-state index in [2.05, 4.69) is 10.3 Å². The van der Waals surface area contributed by atoms with E-state index in [1.54, 1.807) is 0 Å². The van der Waals surface area contributed by atoms with E-state index in [1.807, 2.05) is 51.1 Å². The van der Waals surface area contributed by atoms with Crippen molar-refractivity contribution in [1.29, 1.82) is 0 Å². The lowest BCUT2D eigenvalue weighted by Gasteiger charge is -2.18. The number of nitrogens with one attached hydrogen (secondary N) is 1. The standard InChI is InChI=1S/C14H16N2O2S/c1-14(2,3)18-12(17)11-9-15-13(19-11)16-10-7-5-4-6-8-10/h4-9H,1-3H3,(H,15,16). The molecule has 4 nitrogen and oxygen atoms in total. The van der Waals surface area contributed by atoms with Crippen LogP contribution in [-0.4, -0.2) is 16.6 Å². The molecule has 0 atom stereocenters. The lowest BCUT2D eigenvalue weighted by molar-refractivity contribution is 0.00750. The van der Waals surface area contributed by atoms with Crippen LogP contribution in [0.5, 0.6) is 0 Å². The van der Waals surface area contributed by atoms with Gasteiger partial charge in [0.05, 0.1) is 6.20 Å². The molecule has 100 valence electrons. The Morgan fingerprint density at radius 3 is 2.58 bits per heavy atom. The number of anilines is 2. The van der Waals surface area contributed by atoms with Gasteiger partial charge >= 0.3 is 5.97 Å². The monoisotopic (exact) mass is 276 g/mol. The summed E-state index contributed by atoms with van der Waals surface area (Å²) in [6.45, 7) is 5.53. The molecule has 0 aliphatic carbocycles. The van der Waals surface area contributed by atoms with E-state index in [9.17, 15) is 4.79 Å². The summed E-state index contributed by atoms with van der Waals surface area (Å²) >= 11 is 1.28. The molecule has 0 bridgehead atoms. The van der Waals surface area contributed by atoms with E-state index in [1.165, 1.54) is 17.5 Å². The van der Waals surface area contributed by atoms with E-state index in [-0.39, 0.29) is 5.97 Å². The SMILES string of the molecule is CC(C)(C)OC(=O)c1cnc(Nc2ccccc2)s1. The Hall–Kier alpha value is -1.88. The number of hydrogen-bond acceptors (Lipinski definition) is 5. The molecule has 0 saturated heterocycles. The van der Waals surface area contributed by atoms with E-state index < -0.39 is 5.60 Å². The topological polar surface area (TPSA) is 51.2 Å². The van der Waals surface area contributed by atoms with Gasteiger partial charge in [-0.15, -0.1) is 0 Å². The summed E-state index contributed by atoms with van der Waals surface area (Å²) in [5, 5.41) is 3.81. The summed E-state index contributed by atoms with van der Waals surface area (Å²) in [4.78, 5) is 16.5. The molecule has 0 radical (unpaired) electrons. The van der Waals surface area contributed by atoms with Crippen molar-refractivity contribution in [2.24, 2.45) is 0 Å². The van der Waals surface area contributed by atoms with E-state index in [0.717, 1.165) is 5.69 Å². The molecular formula is C14H16N2O2S. The predicted molar refractivity (Wildman–Crippen MR) is 77.0 cm³/mol.